The maximum Gasteiger partial charge on any atom is 0.237 e. The highest BCUT2D eigenvalue weighted by molar-refractivity contribution is 5.85. The summed E-state index contributed by atoms with van der Waals surface area (Å²) in [7, 11) is 0. The van der Waals surface area contributed by atoms with Crippen LogP contribution in [0.4, 0.5) is 0 Å². The molecule has 0 spiro atoms. The molecule has 3 rings (SSSR count). The van der Waals surface area contributed by atoms with Gasteiger partial charge in [-0.2, -0.15) is 0 Å². The van der Waals surface area contributed by atoms with E-state index in [0.29, 0.717) is 12.5 Å². The van der Waals surface area contributed by atoms with Crippen molar-refractivity contribution < 1.29 is 4.79 Å². The third-order valence-electron chi connectivity index (χ3n) is 5.23. The van der Waals surface area contributed by atoms with Crippen LogP contribution < -0.4 is 5.32 Å². The molecule has 0 aliphatic carbocycles. The van der Waals surface area contributed by atoms with Crippen LogP contribution >= 0.6 is 12.4 Å². The highest BCUT2D eigenvalue weighted by Crippen LogP contribution is 2.20. The SMILES string of the molecule is CCNCC1CCN(CC(=O)N2CCc3ccccc3C2)CC1.Cl. The number of hydrogen-bond donors (Lipinski definition) is 1. The second-order valence-electron chi connectivity index (χ2n) is 6.86. The Kier molecular flexibility index (Phi) is 7.53. The van der Waals surface area contributed by atoms with Gasteiger partial charge in [-0.3, -0.25) is 9.69 Å². The Bertz CT molecular complexity index is 529. The Morgan fingerprint density at radius 3 is 2.58 bits per heavy atom. The van der Waals surface area contributed by atoms with Gasteiger partial charge in [0.2, 0.25) is 5.91 Å². The smallest absolute Gasteiger partial charge is 0.237 e. The number of amides is 1. The summed E-state index contributed by atoms with van der Waals surface area (Å²) in [5.74, 6) is 1.08. The number of carbonyl (C=O) groups is 1. The summed E-state index contributed by atoms with van der Waals surface area (Å²) >= 11 is 0. The van der Waals surface area contributed by atoms with E-state index in [9.17, 15) is 4.79 Å². The summed E-state index contributed by atoms with van der Waals surface area (Å²) in [5, 5.41) is 3.44. The molecule has 1 saturated heterocycles. The summed E-state index contributed by atoms with van der Waals surface area (Å²) in [5.41, 5.74) is 2.72. The van der Waals surface area contributed by atoms with Crippen molar-refractivity contribution in [3.63, 3.8) is 0 Å². The monoisotopic (exact) mass is 351 g/mol. The zero-order valence-electron chi connectivity index (χ0n) is 14.7. The summed E-state index contributed by atoms with van der Waals surface area (Å²) in [6.45, 7) is 8.70. The van der Waals surface area contributed by atoms with Crippen molar-refractivity contribution in [1.29, 1.82) is 0 Å². The van der Waals surface area contributed by atoms with Crippen LogP contribution in [0.5, 0.6) is 0 Å². The van der Waals surface area contributed by atoms with E-state index in [4.69, 9.17) is 0 Å². The zero-order chi connectivity index (χ0) is 16.1. The van der Waals surface area contributed by atoms with Crippen molar-refractivity contribution in [2.75, 3.05) is 39.3 Å². The molecule has 1 aromatic carbocycles. The Morgan fingerprint density at radius 2 is 1.88 bits per heavy atom. The molecule has 4 nitrogen and oxygen atoms in total. The summed E-state index contributed by atoms with van der Waals surface area (Å²) in [6, 6.07) is 8.50. The van der Waals surface area contributed by atoms with Crippen molar-refractivity contribution in [3.05, 3.63) is 35.4 Å². The lowest BCUT2D eigenvalue weighted by molar-refractivity contribution is -0.133. The van der Waals surface area contributed by atoms with E-state index in [-0.39, 0.29) is 12.4 Å². The maximum atomic E-state index is 12.6. The van der Waals surface area contributed by atoms with Gasteiger partial charge in [0.25, 0.3) is 0 Å². The summed E-state index contributed by atoms with van der Waals surface area (Å²) < 4.78 is 0. The van der Waals surface area contributed by atoms with Crippen molar-refractivity contribution in [1.82, 2.24) is 15.1 Å². The number of piperidine rings is 1. The quantitative estimate of drug-likeness (QED) is 0.884. The lowest BCUT2D eigenvalue weighted by Crippen LogP contribution is -2.45. The first kappa shape index (κ1) is 19.2. The Hall–Kier alpha value is -1.10. The summed E-state index contributed by atoms with van der Waals surface area (Å²) in [4.78, 5) is 17.0. The second-order valence-corrected chi connectivity index (χ2v) is 6.86. The van der Waals surface area contributed by atoms with Crippen LogP contribution in [0.25, 0.3) is 0 Å². The molecule has 1 amide bonds. The van der Waals surface area contributed by atoms with Crippen LogP contribution in [0, 0.1) is 5.92 Å². The van der Waals surface area contributed by atoms with E-state index in [1.807, 2.05) is 4.90 Å². The van der Waals surface area contributed by atoms with E-state index in [1.165, 1.54) is 24.0 Å². The molecule has 0 aromatic heterocycles. The van der Waals surface area contributed by atoms with Crippen LogP contribution in [0.2, 0.25) is 0 Å². The van der Waals surface area contributed by atoms with Crippen molar-refractivity contribution in [3.8, 4) is 0 Å². The van der Waals surface area contributed by atoms with Crippen molar-refractivity contribution in [2.45, 2.75) is 32.7 Å². The van der Waals surface area contributed by atoms with E-state index in [0.717, 1.165) is 51.6 Å². The fourth-order valence-electron chi connectivity index (χ4n) is 3.70. The number of likely N-dealkylation sites (tertiary alicyclic amines) is 1. The molecule has 0 unspecified atom stereocenters. The molecule has 24 heavy (non-hydrogen) atoms. The average molecular weight is 352 g/mol. The molecule has 0 atom stereocenters. The molecule has 0 bridgehead atoms. The van der Waals surface area contributed by atoms with Crippen molar-refractivity contribution in [2.24, 2.45) is 5.92 Å². The number of carbonyl (C=O) groups excluding carboxylic acids is 1. The molecule has 0 saturated carbocycles. The van der Waals surface area contributed by atoms with Gasteiger partial charge in [-0.1, -0.05) is 31.2 Å². The summed E-state index contributed by atoms with van der Waals surface area (Å²) in [6.07, 6.45) is 3.42. The van der Waals surface area contributed by atoms with Gasteiger partial charge in [-0.25, -0.2) is 0 Å². The lowest BCUT2D eigenvalue weighted by Gasteiger charge is -2.34. The van der Waals surface area contributed by atoms with E-state index in [1.54, 1.807) is 0 Å². The largest absolute Gasteiger partial charge is 0.337 e. The van der Waals surface area contributed by atoms with Gasteiger partial charge in [-0.15, -0.1) is 12.4 Å². The Morgan fingerprint density at radius 1 is 1.17 bits per heavy atom. The molecule has 5 heteroatoms. The van der Waals surface area contributed by atoms with Gasteiger partial charge in [0.05, 0.1) is 6.54 Å². The van der Waals surface area contributed by atoms with Gasteiger partial charge in [-0.05, 0) is 62.5 Å². The highest BCUT2D eigenvalue weighted by atomic mass is 35.5. The van der Waals surface area contributed by atoms with Crippen molar-refractivity contribution >= 4 is 18.3 Å². The Balaban J connectivity index is 0.00000208. The molecule has 1 N–H and O–H groups in total. The molecular formula is C19H30ClN3O. The number of hydrogen-bond acceptors (Lipinski definition) is 3. The minimum Gasteiger partial charge on any atom is -0.337 e. The number of nitrogens with zero attached hydrogens (tertiary/aromatic N) is 2. The number of benzene rings is 1. The molecule has 134 valence electrons. The topological polar surface area (TPSA) is 35.6 Å². The number of rotatable bonds is 5. The first-order chi connectivity index (χ1) is 11.3. The van der Waals surface area contributed by atoms with Gasteiger partial charge in [0, 0.05) is 13.1 Å². The average Bonchev–Trinajstić information content (AvgIpc) is 2.60. The van der Waals surface area contributed by atoms with E-state index in [2.05, 4.69) is 41.4 Å². The molecule has 2 heterocycles. The fourth-order valence-corrected chi connectivity index (χ4v) is 3.70. The molecule has 2 aliphatic rings. The van der Waals surface area contributed by atoms with Gasteiger partial charge in [0.15, 0.2) is 0 Å². The number of fused-ring (bicyclic) bond motifs is 1. The molecule has 1 fully saturated rings. The van der Waals surface area contributed by atoms with Gasteiger partial charge < -0.3 is 10.2 Å². The first-order valence-electron chi connectivity index (χ1n) is 9.04. The minimum atomic E-state index is 0. The maximum absolute atomic E-state index is 12.6. The third-order valence-corrected chi connectivity index (χ3v) is 5.23. The van der Waals surface area contributed by atoms with E-state index < -0.39 is 0 Å². The fraction of sp³-hybridized carbons (Fsp3) is 0.632. The predicted octanol–water partition coefficient (Wildman–Crippen LogP) is 2.31. The molecule has 0 radical (unpaired) electrons. The Labute approximate surface area is 152 Å². The van der Waals surface area contributed by atoms with E-state index >= 15 is 0 Å². The number of halogens is 1. The first-order valence-corrected chi connectivity index (χ1v) is 9.04. The van der Waals surface area contributed by atoms with Crippen LogP contribution in [-0.4, -0.2) is 55.0 Å². The normalized spacial score (nSPS) is 18.8. The minimum absolute atomic E-state index is 0. The standard InChI is InChI=1S/C19H29N3O.ClH/c1-2-20-13-16-7-10-21(11-8-16)15-19(23)22-12-9-17-5-3-4-6-18(17)14-22;/h3-6,16,20H,2,7-15H2,1H3;1H. The van der Waals surface area contributed by atoms with Crippen LogP contribution in [0.15, 0.2) is 24.3 Å². The van der Waals surface area contributed by atoms with Crippen LogP contribution in [0.1, 0.15) is 30.9 Å². The number of nitrogens with one attached hydrogen (secondary N) is 1. The highest BCUT2D eigenvalue weighted by Gasteiger charge is 2.24. The van der Waals surface area contributed by atoms with Crippen LogP contribution in [-0.2, 0) is 17.8 Å². The molecular weight excluding hydrogens is 322 g/mol. The molecule has 2 aliphatic heterocycles. The zero-order valence-corrected chi connectivity index (χ0v) is 15.5. The third kappa shape index (κ3) is 4.95. The predicted molar refractivity (Wildman–Crippen MR) is 101 cm³/mol. The van der Waals surface area contributed by atoms with Crippen LogP contribution in [0.3, 0.4) is 0 Å². The second kappa shape index (κ2) is 9.40. The lowest BCUT2D eigenvalue weighted by atomic mass is 9.96. The van der Waals surface area contributed by atoms with Gasteiger partial charge in [0.1, 0.15) is 0 Å². The van der Waals surface area contributed by atoms with Gasteiger partial charge >= 0.3 is 0 Å². The molecule has 1 aromatic rings.